The van der Waals surface area contributed by atoms with Crippen LogP contribution in [0.2, 0.25) is 0 Å². The lowest BCUT2D eigenvalue weighted by molar-refractivity contribution is 0.566. The molecule has 1 aliphatic rings. The fraction of sp³-hybridized carbons (Fsp3) is 0.684. The molecule has 1 aliphatic heterocycles. The van der Waals surface area contributed by atoms with Gasteiger partial charge in [0.1, 0.15) is 0 Å². The molecule has 2 rings (SSSR count). The van der Waals surface area contributed by atoms with E-state index in [0.29, 0.717) is 0 Å². The van der Waals surface area contributed by atoms with Gasteiger partial charge in [0.05, 0.1) is 0 Å². The highest BCUT2D eigenvalue weighted by molar-refractivity contribution is 5.47. The van der Waals surface area contributed by atoms with Crippen LogP contribution in [0, 0.1) is 6.92 Å². The summed E-state index contributed by atoms with van der Waals surface area (Å²) >= 11 is 0. The van der Waals surface area contributed by atoms with Gasteiger partial charge in [-0.25, -0.2) is 0 Å². The number of anilines is 1. The fourth-order valence-electron chi connectivity index (χ4n) is 3.15. The molecular formula is C19H31N. The number of nitrogens with zero attached hydrogens (tertiary/aromatic N) is 1. The molecule has 0 aliphatic carbocycles. The van der Waals surface area contributed by atoms with Gasteiger partial charge in [-0.1, -0.05) is 69.1 Å². The van der Waals surface area contributed by atoms with Gasteiger partial charge in [-0.15, -0.1) is 0 Å². The van der Waals surface area contributed by atoms with Crippen LogP contribution in [-0.4, -0.2) is 13.1 Å². The maximum absolute atomic E-state index is 2.61. The fourth-order valence-corrected chi connectivity index (χ4v) is 3.15. The molecule has 1 aromatic carbocycles. The summed E-state index contributed by atoms with van der Waals surface area (Å²) in [5.74, 6) is 0. The number of hydrogen-bond acceptors (Lipinski definition) is 1. The molecule has 0 N–H and O–H groups in total. The minimum atomic E-state index is 1.24. The lowest BCUT2D eigenvalue weighted by Gasteiger charge is -2.25. The van der Waals surface area contributed by atoms with Crippen LogP contribution in [0.5, 0.6) is 0 Å². The Morgan fingerprint density at radius 3 is 1.45 bits per heavy atom. The van der Waals surface area contributed by atoms with E-state index >= 15 is 0 Å². The summed E-state index contributed by atoms with van der Waals surface area (Å²) in [6, 6.07) is 9.09. The van der Waals surface area contributed by atoms with Crippen molar-refractivity contribution in [3.05, 3.63) is 29.8 Å². The summed E-state index contributed by atoms with van der Waals surface area (Å²) in [5, 5.41) is 0. The Kier molecular flexibility index (Phi) is 6.97. The van der Waals surface area contributed by atoms with E-state index in [9.17, 15) is 0 Å². The topological polar surface area (TPSA) is 3.24 Å². The quantitative estimate of drug-likeness (QED) is 0.633. The molecule has 0 saturated carbocycles. The van der Waals surface area contributed by atoms with Gasteiger partial charge < -0.3 is 4.90 Å². The van der Waals surface area contributed by atoms with Crippen molar-refractivity contribution in [3.63, 3.8) is 0 Å². The standard InChI is InChI=1S/C19H31N/c1-18-12-14-19(15-13-18)20-16-10-8-6-4-2-3-5-7-9-11-17-20/h12-15H,2-11,16-17H2,1H3. The van der Waals surface area contributed by atoms with Crippen molar-refractivity contribution in [3.8, 4) is 0 Å². The third-order valence-corrected chi connectivity index (χ3v) is 4.51. The smallest absolute Gasteiger partial charge is 0.0366 e. The van der Waals surface area contributed by atoms with Gasteiger partial charge in [0.25, 0.3) is 0 Å². The molecule has 1 nitrogen and oxygen atoms in total. The Balaban J connectivity index is 1.90. The molecular weight excluding hydrogens is 242 g/mol. The highest BCUT2D eigenvalue weighted by Crippen LogP contribution is 2.19. The van der Waals surface area contributed by atoms with E-state index in [4.69, 9.17) is 0 Å². The zero-order valence-electron chi connectivity index (χ0n) is 13.2. The number of hydrogen-bond donors (Lipinski definition) is 0. The van der Waals surface area contributed by atoms with E-state index in [1.54, 1.807) is 0 Å². The molecule has 20 heavy (non-hydrogen) atoms. The first-order valence-corrected chi connectivity index (χ1v) is 8.68. The predicted molar refractivity (Wildman–Crippen MR) is 89.6 cm³/mol. The van der Waals surface area contributed by atoms with Crippen molar-refractivity contribution >= 4 is 5.69 Å². The first-order chi connectivity index (χ1) is 9.86. The number of aryl methyl sites for hydroxylation is 1. The summed E-state index contributed by atoms with van der Waals surface area (Å²) in [7, 11) is 0. The molecule has 0 unspecified atom stereocenters. The van der Waals surface area contributed by atoms with E-state index in [0.717, 1.165) is 0 Å². The van der Waals surface area contributed by atoms with Crippen LogP contribution in [0.3, 0.4) is 0 Å². The van der Waals surface area contributed by atoms with Crippen LogP contribution in [0.25, 0.3) is 0 Å². The van der Waals surface area contributed by atoms with Crippen LogP contribution in [0.4, 0.5) is 5.69 Å². The molecule has 0 bridgehead atoms. The van der Waals surface area contributed by atoms with Crippen LogP contribution in [0.1, 0.15) is 69.8 Å². The van der Waals surface area contributed by atoms with E-state index in [2.05, 4.69) is 36.1 Å². The Labute approximate surface area is 125 Å². The van der Waals surface area contributed by atoms with Crippen LogP contribution >= 0.6 is 0 Å². The summed E-state index contributed by atoms with van der Waals surface area (Å²) < 4.78 is 0. The Morgan fingerprint density at radius 2 is 1.00 bits per heavy atom. The summed E-state index contributed by atoms with van der Waals surface area (Å²) in [5.41, 5.74) is 2.78. The third kappa shape index (κ3) is 5.56. The maximum Gasteiger partial charge on any atom is 0.0366 e. The molecule has 1 heteroatoms. The van der Waals surface area contributed by atoms with Crippen LogP contribution in [0.15, 0.2) is 24.3 Å². The third-order valence-electron chi connectivity index (χ3n) is 4.51. The lowest BCUT2D eigenvalue weighted by atomic mass is 10.1. The highest BCUT2D eigenvalue weighted by atomic mass is 15.1. The van der Waals surface area contributed by atoms with Crippen molar-refractivity contribution in [1.82, 2.24) is 0 Å². The van der Waals surface area contributed by atoms with Gasteiger partial charge in [0.2, 0.25) is 0 Å². The van der Waals surface area contributed by atoms with Crippen LogP contribution in [-0.2, 0) is 0 Å². The van der Waals surface area contributed by atoms with Gasteiger partial charge >= 0.3 is 0 Å². The molecule has 1 aromatic rings. The van der Waals surface area contributed by atoms with E-state index in [1.165, 1.54) is 88.5 Å². The number of benzene rings is 1. The lowest BCUT2D eigenvalue weighted by Crippen LogP contribution is -2.25. The molecule has 0 amide bonds. The normalized spacial score (nSPS) is 19.8. The molecule has 1 saturated heterocycles. The first kappa shape index (κ1) is 15.4. The maximum atomic E-state index is 2.61. The van der Waals surface area contributed by atoms with Gasteiger partial charge in [0, 0.05) is 18.8 Å². The van der Waals surface area contributed by atoms with Crippen LogP contribution < -0.4 is 4.90 Å². The average molecular weight is 273 g/mol. The Hall–Kier alpha value is -0.980. The summed E-state index contributed by atoms with van der Waals surface area (Å²) in [6.45, 7) is 4.65. The second kappa shape index (κ2) is 9.05. The van der Waals surface area contributed by atoms with Gasteiger partial charge in [-0.3, -0.25) is 0 Å². The molecule has 0 atom stereocenters. The van der Waals surface area contributed by atoms with Crippen molar-refractivity contribution in [2.24, 2.45) is 0 Å². The minimum absolute atomic E-state index is 1.24. The van der Waals surface area contributed by atoms with Crippen molar-refractivity contribution < 1.29 is 0 Å². The Morgan fingerprint density at radius 1 is 0.600 bits per heavy atom. The van der Waals surface area contributed by atoms with E-state index < -0.39 is 0 Å². The van der Waals surface area contributed by atoms with Gasteiger partial charge in [0.15, 0.2) is 0 Å². The molecule has 0 aromatic heterocycles. The molecule has 1 fully saturated rings. The van der Waals surface area contributed by atoms with Crippen molar-refractivity contribution in [2.45, 2.75) is 71.1 Å². The second-order valence-corrected chi connectivity index (χ2v) is 6.36. The van der Waals surface area contributed by atoms with Crippen molar-refractivity contribution in [2.75, 3.05) is 18.0 Å². The molecule has 112 valence electrons. The first-order valence-electron chi connectivity index (χ1n) is 8.68. The monoisotopic (exact) mass is 273 g/mol. The SMILES string of the molecule is Cc1ccc(N2CCCCCCCCCCCC2)cc1. The highest BCUT2D eigenvalue weighted by Gasteiger charge is 2.06. The van der Waals surface area contributed by atoms with Crippen molar-refractivity contribution in [1.29, 1.82) is 0 Å². The zero-order valence-corrected chi connectivity index (χ0v) is 13.2. The summed E-state index contributed by atoms with van der Waals surface area (Å²) in [4.78, 5) is 2.61. The summed E-state index contributed by atoms with van der Waals surface area (Å²) in [6.07, 6.45) is 14.2. The average Bonchev–Trinajstić information content (AvgIpc) is 2.49. The number of rotatable bonds is 1. The van der Waals surface area contributed by atoms with Gasteiger partial charge in [-0.05, 0) is 31.9 Å². The van der Waals surface area contributed by atoms with Gasteiger partial charge in [-0.2, -0.15) is 0 Å². The largest absolute Gasteiger partial charge is 0.372 e. The Bertz CT molecular complexity index is 341. The van der Waals surface area contributed by atoms with E-state index in [-0.39, 0.29) is 0 Å². The second-order valence-electron chi connectivity index (χ2n) is 6.36. The van der Waals surface area contributed by atoms with E-state index in [1.807, 2.05) is 0 Å². The molecule has 1 heterocycles. The minimum Gasteiger partial charge on any atom is -0.372 e. The molecule has 0 spiro atoms. The molecule has 0 radical (unpaired) electrons. The zero-order chi connectivity index (χ0) is 14.0. The predicted octanol–water partition coefficient (Wildman–Crippen LogP) is 5.72.